The summed E-state index contributed by atoms with van der Waals surface area (Å²) < 4.78 is 29.3. The molecule has 4 rings (SSSR count). The third kappa shape index (κ3) is 4.43. The number of anilines is 1. The molecule has 0 saturated heterocycles. The average Bonchev–Trinajstić information content (AvgIpc) is 3.53. The van der Waals surface area contributed by atoms with Crippen molar-refractivity contribution in [3.63, 3.8) is 0 Å². The molecule has 3 aromatic rings. The molecule has 0 spiro atoms. The number of nitrogens with one attached hydrogen (secondary N) is 1. The normalized spacial score (nSPS) is 14.1. The minimum absolute atomic E-state index is 0.184. The largest absolute Gasteiger partial charge is 0.345 e. The van der Waals surface area contributed by atoms with E-state index in [1.54, 1.807) is 19.2 Å². The van der Waals surface area contributed by atoms with Crippen molar-refractivity contribution < 1.29 is 13.2 Å². The number of hydrogen-bond donors (Lipinski definition) is 1. The van der Waals surface area contributed by atoms with Gasteiger partial charge in [0.05, 0.1) is 10.5 Å². The van der Waals surface area contributed by atoms with Crippen LogP contribution in [0.1, 0.15) is 46.2 Å². The van der Waals surface area contributed by atoms with E-state index >= 15 is 0 Å². The van der Waals surface area contributed by atoms with Gasteiger partial charge in [0.15, 0.2) is 0 Å². The smallest absolute Gasteiger partial charge is 0.257 e. The summed E-state index contributed by atoms with van der Waals surface area (Å²) in [6.07, 6.45) is 2.32. The van der Waals surface area contributed by atoms with Crippen molar-refractivity contribution in [3.05, 3.63) is 83.2 Å². The zero-order chi connectivity index (χ0) is 22.2. The van der Waals surface area contributed by atoms with Crippen molar-refractivity contribution >= 4 is 21.6 Å². The van der Waals surface area contributed by atoms with Gasteiger partial charge in [0.25, 0.3) is 5.91 Å². The molecule has 162 valence electrons. The van der Waals surface area contributed by atoms with Crippen LogP contribution >= 0.6 is 0 Å². The number of amides is 1. The van der Waals surface area contributed by atoms with E-state index in [0.29, 0.717) is 17.3 Å². The lowest BCUT2D eigenvalue weighted by molar-refractivity contribution is 0.102. The van der Waals surface area contributed by atoms with Gasteiger partial charge in [-0.3, -0.25) is 4.79 Å². The Morgan fingerprint density at radius 3 is 2.32 bits per heavy atom. The Hall–Kier alpha value is -2.90. The Bertz CT molecular complexity index is 1190. The highest BCUT2D eigenvalue weighted by molar-refractivity contribution is 7.89. The molecule has 0 unspecified atom stereocenters. The van der Waals surface area contributed by atoms with E-state index in [2.05, 4.69) is 9.88 Å². The molecular formula is C24H27N3O3S. The summed E-state index contributed by atoms with van der Waals surface area (Å²) in [4.78, 5) is 13.0. The molecule has 0 radical (unpaired) electrons. The van der Waals surface area contributed by atoms with Gasteiger partial charge in [-0.05, 0) is 62.6 Å². The van der Waals surface area contributed by atoms with Gasteiger partial charge < -0.3 is 9.88 Å². The minimum atomic E-state index is -3.63. The molecule has 1 heterocycles. The Morgan fingerprint density at radius 1 is 1.06 bits per heavy atom. The van der Waals surface area contributed by atoms with Gasteiger partial charge in [0.2, 0.25) is 10.0 Å². The number of aromatic nitrogens is 1. The molecule has 1 saturated carbocycles. The Labute approximate surface area is 183 Å². The van der Waals surface area contributed by atoms with E-state index < -0.39 is 10.0 Å². The van der Waals surface area contributed by atoms with Crippen molar-refractivity contribution in [3.8, 4) is 0 Å². The summed E-state index contributed by atoms with van der Waals surface area (Å²) in [7, 11) is -2.07. The first-order chi connectivity index (χ1) is 14.8. The first kappa shape index (κ1) is 21.3. The van der Waals surface area contributed by atoms with Gasteiger partial charge in [-0.25, -0.2) is 8.42 Å². The predicted molar refractivity (Wildman–Crippen MR) is 122 cm³/mol. The Morgan fingerprint density at radius 2 is 1.71 bits per heavy atom. The van der Waals surface area contributed by atoms with Crippen LogP contribution in [0.2, 0.25) is 0 Å². The third-order valence-electron chi connectivity index (χ3n) is 5.71. The van der Waals surface area contributed by atoms with Gasteiger partial charge in [-0.15, -0.1) is 0 Å². The zero-order valence-electron chi connectivity index (χ0n) is 18.0. The molecule has 1 N–H and O–H groups in total. The van der Waals surface area contributed by atoms with Crippen LogP contribution in [0.3, 0.4) is 0 Å². The van der Waals surface area contributed by atoms with Gasteiger partial charge in [0.1, 0.15) is 0 Å². The molecule has 1 fully saturated rings. The summed E-state index contributed by atoms with van der Waals surface area (Å²) in [6, 6.07) is 18.2. The molecule has 1 aliphatic rings. The topological polar surface area (TPSA) is 71.4 Å². The molecule has 1 amide bonds. The van der Waals surface area contributed by atoms with Gasteiger partial charge in [0, 0.05) is 36.7 Å². The molecular weight excluding hydrogens is 410 g/mol. The first-order valence-corrected chi connectivity index (χ1v) is 11.8. The van der Waals surface area contributed by atoms with Crippen LogP contribution in [-0.2, 0) is 16.6 Å². The van der Waals surface area contributed by atoms with Gasteiger partial charge in [-0.1, -0.05) is 30.3 Å². The summed E-state index contributed by atoms with van der Waals surface area (Å²) in [5, 5.41) is 2.89. The number of sulfonamides is 1. The van der Waals surface area contributed by atoms with Crippen molar-refractivity contribution in [2.45, 2.75) is 44.2 Å². The number of nitrogens with zero attached hydrogens (tertiary/aromatic N) is 2. The SMILES string of the molecule is Cc1cc(C(=O)Nc2ccc(S(=O)(=O)N(C)Cc3ccccc3)cc2)c(C)n1C1CC1. The Kier molecular flexibility index (Phi) is 5.73. The fourth-order valence-electron chi connectivity index (χ4n) is 3.92. The van der Waals surface area contributed by atoms with E-state index in [9.17, 15) is 13.2 Å². The highest BCUT2D eigenvalue weighted by atomic mass is 32.2. The molecule has 0 atom stereocenters. The molecule has 6 nitrogen and oxygen atoms in total. The van der Waals surface area contributed by atoms with Crippen molar-refractivity contribution in [2.24, 2.45) is 0 Å². The van der Waals surface area contributed by atoms with Crippen LogP contribution in [0.4, 0.5) is 5.69 Å². The van der Waals surface area contributed by atoms with Crippen LogP contribution < -0.4 is 5.32 Å². The summed E-state index contributed by atoms with van der Waals surface area (Å²) in [5.41, 5.74) is 4.20. The fraction of sp³-hybridized carbons (Fsp3) is 0.292. The lowest BCUT2D eigenvalue weighted by Gasteiger charge is -2.17. The third-order valence-corrected chi connectivity index (χ3v) is 7.53. The Balaban J connectivity index is 1.46. The molecule has 7 heteroatoms. The highest BCUT2D eigenvalue weighted by Crippen LogP contribution is 2.38. The van der Waals surface area contributed by atoms with Crippen LogP contribution in [0.15, 0.2) is 65.6 Å². The summed E-state index contributed by atoms with van der Waals surface area (Å²) in [5.74, 6) is -0.184. The second-order valence-electron chi connectivity index (χ2n) is 8.11. The van der Waals surface area contributed by atoms with Gasteiger partial charge in [-0.2, -0.15) is 4.31 Å². The predicted octanol–water partition coefficient (Wildman–Crippen LogP) is 4.51. The lowest BCUT2D eigenvalue weighted by Crippen LogP contribution is -2.26. The number of rotatable bonds is 7. The van der Waals surface area contributed by atoms with Crippen molar-refractivity contribution in [2.75, 3.05) is 12.4 Å². The number of aryl methyl sites for hydroxylation is 1. The van der Waals surface area contributed by atoms with Crippen LogP contribution in [-0.4, -0.2) is 30.2 Å². The first-order valence-electron chi connectivity index (χ1n) is 10.4. The van der Waals surface area contributed by atoms with Crippen LogP contribution in [0, 0.1) is 13.8 Å². The van der Waals surface area contributed by atoms with Crippen molar-refractivity contribution in [1.29, 1.82) is 0 Å². The minimum Gasteiger partial charge on any atom is -0.345 e. The highest BCUT2D eigenvalue weighted by Gasteiger charge is 2.28. The van der Waals surface area contributed by atoms with Crippen LogP contribution in [0.5, 0.6) is 0 Å². The van der Waals surface area contributed by atoms with Crippen molar-refractivity contribution in [1.82, 2.24) is 8.87 Å². The molecule has 0 bridgehead atoms. The van der Waals surface area contributed by atoms with E-state index in [1.165, 1.54) is 16.4 Å². The maximum atomic E-state index is 12.9. The number of hydrogen-bond acceptors (Lipinski definition) is 3. The monoisotopic (exact) mass is 437 g/mol. The number of benzene rings is 2. The fourth-order valence-corrected chi connectivity index (χ4v) is 5.07. The van der Waals surface area contributed by atoms with Crippen LogP contribution in [0.25, 0.3) is 0 Å². The molecule has 31 heavy (non-hydrogen) atoms. The molecule has 2 aromatic carbocycles. The van der Waals surface area contributed by atoms with E-state index in [0.717, 1.165) is 29.8 Å². The second-order valence-corrected chi connectivity index (χ2v) is 10.2. The average molecular weight is 438 g/mol. The standard InChI is InChI=1S/C24H27N3O3S/c1-17-15-23(18(2)27(17)21-11-12-21)24(28)25-20-9-13-22(14-10-20)31(29,30)26(3)16-19-7-5-4-6-8-19/h4-10,13-15,21H,11-12,16H2,1-3H3,(H,25,28). The summed E-state index contributed by atoms with van der Waals surface area (Å²) >= 11 is 0. The van der Waals surface area contributed by atoms with Gasteiger partial charge >= 0.3 is 0 Å². The lowest BCUT2D eigenvalue weighted by atomic mass is 10.2. The maximum absolute atomic E-state index is 12.9. The number of carbonyl (C=O) groups excluding carboxylic acids is 1. The quantitative estimate of drug-likeness (QED) is 0.591. The maximum Gasteiger partial charge on any atom is 0.257 e. The zero-order valence-corrected chi connectivity index (χ0v) is 18.8. The summed E-state index contributed by atoms with van der Waals surface area (Å²) in [6.45, 7) is 4.28. The molecule has 1 aromatic heterocycles. The second kappa shape index (κ2) is 8.32. The van der Waals surface area contributed by atoms with E-state index in [-0.39, 0.29) is 17.3 Å². The van der Waals surface area contributed by atoms with E-state index in [4.69, 9.17) is 0 Å². The molecule has 0 aliphatic heterocycles. The van der Waals surface area contributed by atoms with E-state index in [1.807, 2.05) is 50.2 Å². The molecule has 1 aliphatic carbocycles. The number of carbonyl (C=O) groups is 1.